The van der Waals surface area contributed by atoms with E-state index in [2.05, 4.69) is 72.8 Å². The summed E-state index contributed by atoms with van der Waals surface area (Å²) >= 11 is 0. The van der Waals surface area contributed by atoms with Crippen LogP contribution in [-0.4, -0.2) is 60.2 Å². The average Bonchev–Trinajstić information content (AvgIpc) is 3.67. The van der Waals surface area contributed by atoms with Crippen LogP contribution in [0.15, 0.2) is 127 Å². The molecule has 3 nitrogen and oxygen atoms in total. The van der Waals surface area contributed by atoms with E-state index in [9.17, 15) is 0 Å². The van der Waals surface area contributed by atoms with Crippen molar-refractivity contribution in [2.75, 3.05) is 13.1 Å². The molecule has 0 radical (unpaired) electrons. The summed E-state index contributed by atoms with van der Waals surface area (Å²) in [5.74, 6) is 5.84. The fraction of sp³-hybridized carbons (Fsp3) is 0.0526. The highest BCUT2D eigenvalue weighted by molar-refractivity contribution is 6.43. The minimum Gasteiger partial charge on any atom is -0.456 e. The predicted octanol–water partition coefficient (Wildman–Crippen LogP) is 2.69. The highest BCUT2D eigenvalue weighted by Crippen LogP contribution is 2.39. The fourth-order valence-electron chi connectivity index (χ4n) is 6.61. The van der Waals surface area contributed by atoms with Crippen molar-refractivity contribution in [3.8, 4) is 24.7 Å². The fourth-order valence-corrected chi connectivity index (χ4v) is 6.61. The number of hydrogen-bond acceptors (Lipinski definition) is 3. The SMILES string of the molecule is B/C(CNC/C(B)=C(B)\C(=C(\B)C#C)c1cccc2oc3ccccc3c12)=C(B)/C(=C(/B)C#C)c1cccc2oc3ccccc3c12. The van der Waals surface area contributed by atoms with E-state index in [0.29, 0.717) is 13.1 Å². The maximum atomic E-state index is 6.20. The Hall–Kier alpha value is -5.09. The first-order valence-corrected chi connectivity index (χ1v) is 16.0. The molecule has 0 aliphatic heterocycles. The summed E-state index contributed by atoms with van der Waals surface area (Å²) in [6, 6.07) is 28.7. The van der Waals surface area contributed by atoms with E-state index < -0.39 is 0 Å². The van der Waals surface area contributed by atoms with Crippen LogP contribution < -0.4 is 5.32 Å². The van der Waals surface area contributed by atoms with Gasteiger partial charge in [-0.3, -0.25) is 0 Å². The molecule has 1 N–H and O–H groups in total. The molecule has 220 valence electrons. The Kier molecular flexibility index (Phi) is 9.04. The van der Waals surface area contributed by atoms with Gasteiger partial charge in [0, 0.05) is 34.6 Å². The lowest BCUT2D eigenvalue weighted by atomic mass is 9.69. The van der Waals surface area contributed by atoms with Crippen molar-refractivity contribution < 1.29 is 8.83 Å². The lowest BCUT2D eigenvalue weighted by Gasteiger charge is -2.19. The van der Waals surface area contributed by atoms with Crippen molar-refractivity contribution >= 4 is 102 Å². The largest absolute Gasteiger partial charge is 0.456 e. The number of terminal acetylenes is 2. The molecule has 0 aliphatic carbocycles. The standard InChI is InChI=1S/C38H33B6NO2/c1-3-25(39)35(23-13-9-17-31-33(23)21-11-5-7-15-29(21)46-31)37(43)27(41)19-45-20-28(42)38(44)36(26(40)4-2)24-14-10-18-32-34(24)22-12-6-8-16-30(22)47-32/h1-2,5-18,45H,19-20,39-44H2/b35-25+,36-26+,37-27-,38-28-. The van der Waals surface area contributed by atoms with E-state index in [-0.39, 0.29) is 0 Å². The van der Waals surface area contributed by atoms with Crippen molar-refractivity contribution in [2.45, 2.75) is 0 Å². The summed E-state index contributed by atoms with van der Waals surface area (Å²) in [6.07, 6.45) is 12.0. The van der Waals surface area contributed by atoms with Gasteiger partial charge in [0.05, 0.1) is 0 Å². The first-order valence-electron chi connectivity index (χ1n) is 16.0. The molecule has 0 spiro atoms. The van der Waals surface area contributed by atoms with Crippen LogP contribution >= 0.6 is 0 Å². The Bertz CT molecular complexity index is 2260. The number of allylic oxidation sites excluding steroid dienone is 6. The minimum atomic E-state index is 0.703. The third-order valence-corrected chi connectivity index (χ3v) is 9.34. The minimum absolute atomic E-state index is 0.703. The molecule has 0 saturated carbocycles. The molecule has 47 heavy (non-hydrogen) atoms. The van der Waals surface area contributed by atoms with Crippen LogP contribution in [0.4, 0.5) is 0 Å². The second-order valence-corrected chi connectivity index (χ2v) is 12.3. The molecule has 4 aromatic carbocycles. The number of para-hydroxylation sites is 2. The lowest BCUT2D eigenvalue weighted by Crippen LogP contribution is -2.23. The molecule has 0 amide bonds. The Morgan fingerprint density at radius 3 is 1.32 bits per heavy atom. The molecule has 0 fully saturated rings. The topological polar surface area (TPSA) is 38.3 Å². The monoisotopic (exact) mass is 601 g/mol. The molecule has 0 aliphatic rings. The summed E-state index contributed by atoms with van der Waals surface area (Å²) in [6.45, 7) is 1.41. The highest BCUT2D eigenvalue weighted by Gasteiger charge is 2.19. The third-order valence-electron chi connectivity index (χ3n) is 9.34. The second kappa shape index (κ2) is 13.3. The van der Waals surface area contributed by atoms with Crippen LogP contribution in [0.25, 0.3) is 55.0 Å². The molecule has 2 aromatic heterocycles. The van der Waals surface area contributed by atoms with Crippen LogP contribution in [0.2, 0.25) is 0 Å². The van der Waals surface area contributed by atoms with Crippen molar-refractivity contribution in [1.29, 1.82) is 0 Å². The normalized spacial score (nSPS) is 13.9. The smallest absolute Gasteiger partial charge is 0.151 e. The summed E-state index contributed by atoms with van der Waals surface area (Å²) < 4.78 is 12.4. The number of hydrogen-bond donors (Lipinski definition) is 1. The predicted molar refractivity (Wildman–Crippen MR) is 217 cm³/mol. The molecule has 6 rings (SSSR count). The third kappa shape index (κ3) is 5.85. The summed E-state index contributed by atoms with van der Waals surface area (Å²) in [4.78, 5) is 0. The van der Waals surface area contributed by atoms with E-state index >= 15 is 0 Å². The molecule has 9 heteroatoms. The van der Waals surface area contributed by atoms with E-state index in [4.69, 9.17) is 21.7 Å². The average molecular weight is 601 g/mol. The molecule has 0 saturated heterocycles. The maximum absolute atomic E-state index is 6.20. The van der Waals surface area contributed by atoms with Gasteiger partial charge in [-0.25, -0.2) is 0 Å². The van der Waals surface area contributed by atoms with Gasteiger partial charge in [-0.1, -0.05) is 83.4 Å². The lowest BCUT2D eigenvalue weighted by molar-refractivity contribution is 0.668. The van der Waals surface area contributed by atoms with Crippen molar-refractivity contribution in [3.63, 3.8) is 0 Å². The zero-order chi connectivity index (χ0) is 33.2. The van der Waals surface area contributed by atoms with Crippen molar-refractivity contribution in [2.24, 2.45) is 0 Å². The van der Waals surface area contributed by atoms with Gasteiger partial charge in [0.25, 0.3) is 0 Å². The first-order chi connectivity index (χ1) is 22.7. The van der Waals surface area contributed by atoms with Crippen molar-refractivity contribution in [3.05, 3.63) is 129 Å². The van der Waals surface area contributed by atoms with Crippen LogP contribution in [0.3, 0.4) is 0 Å². The molecule has 0 bridgehead atoms. The molecule has 0 atom stereocenters. The van der Waals surface area contributed by atoms with E-state index in [0.717, 1.165) is 88.0 Å². The van der Waals surface area contributed by atoms with Gasteiger partial charge in [-0.15, -0.1) is 23.8 Å². The van der Waals surface area contributed by atoms with E-state index in [1.54, 1.807) is 0 Å². The highest BCUT2D eigenvalue weighted by atomic mass is 16.3. The van der Waals surface area contributed by atoms with E-state index in [1.807, 2.05) is 76.4 Å². The van der Waals surface area contributed by atoms with Crippen LogP contribution in [0.5, 0.6) is 0 Å². The van der Waals surface area contributed by atoms with Gasteiger partial charge >= 0.3 is 0 Å². The van der Waals surface area contributed by atoms with Gasteiger partial charge in [0.1, 0.15) is 53.7 Å². The Morgan fingerprint density at radius 2 is 0.915 bits per heavy atom. The van der Waals surface area contributed by atoms with Crippen molar-refractivity contribution in [1.82, 2.24) is 5.32 Å². The zero-order valence-electron chi connectivity index (χ0n) is 28.0. The van der Waals surface area contributed by atoms with E-state index in [1.165, 1.54) is 10.9 Å². The molecular formula is C38H33B6NO2. The molecular weight excluding hydrogens is 567 g/mol. The number of nitrogens with one attached hydrogen (secondary N) is 1. The van der Waals surface area contributed by atoms with Gasteiger partial charge in [-0.05, 0) is 57.5 Å². The quantitative estimate of drug-likeness (QED) is 0.166. The maximum Gasteiger partial charge on any atom is 0.151 e. The summed E-state index contributed by atoms with van der Waals surface area (Å²) in [5.41, 5.74) is 14.3. The molecule has 2 heterocycles. The van der Waals surface area contributed by atoms with Crippen LogP contribution in [0.1, 0.15) is 11.1 Å². The molecule has 6 aromatic rings. The van der Waals surface area contributed by atoms with Gasteiger partial charge in [0.2, 0.25) is 0 Å². The number of rotatable bonds is 8. The van der Waals surface area contributed by atoms with Gasteiger partial charge in [-0.2, -0.15) is 0 Å². The molecule has 0 unspecified atom stereocenters. The van der Waals surface area contributed by atoms with Gasteiger partial charge < -0.3 is 14.2 Å². The Labute approximate surface area is 282 Å². The number of benzene rings is 4. The summed E-state index contributed by atoms with van der Waals surface area (Å²) in [5, 5.41) is 8.05. The van der Waals surface area contributed by atoms with Crippen LogP contribution in [-0.2, 0) is 0 Å². The first kappa shape index (κ1) is 31.9. The summed E-state index contributed by atoms with van der Waals surface area (Å²) in [7, 11) is 12.7. The number of fused-ring (bicyclic) bond motifs is 6. The van der Waals surface area contributed by atoms with Gasteiger partial charge in [0.15, 0.2) is 15.7 Å². The van der Waals surface area contributed by atoms with Crippen LogP contribution in [0, 0.1) is 24.7 Å². The Morgan fingerprint density at radius 1 is 0.532 bits per heavy atom. The second-order valence-electron chi connectivity index (χ2n) is 12.3. The number of furan rings is 2. The zero-order valence-corrected chi connectivity index (χ0v) is 28.0. The Balaban J connectivity index is 1.32.